The third-order valence-corrected chi connectivity index (χ3v) is 22.7. The van der Waals surface area contributed by atoms with Gasteiger partial charge in [-0.15, -0.1) is 0 Å². The molecule has 2 spiro atoms. The molecule has 0 saturated carbocycles. The number of para-hydroxylation sites is 2. The number of rotatable bonds is 8. The molecule has 526 valence electrons. The van der Waals surface area contributed by atoms with Crippen LogP contribution in [0.4, 0.5) is 0 Å². The highest BCUT2D eigenvalue weighted by atomic mass is 79.9. The van der Waals surface area contributed by atoms with Gasteiger partial charge >= 0.3 is 7.12 Å². The molecule has 1 saturated heterocycles. The Kier molecular flexibility index (Phi) is 16.9. The van der Waals surface area contributed by atoms with Crippen molar-refractivity contribution in [2.45, 2.75) is 49.7 Å². The fourth-order valence-electron chi connectivity index (χ4n) is 16.4. The van der Waals surface area contributed by atoms with E-state index in [1.807, 2.05) is 152 Å². The monoisotopic (exact) mass is 1480 g/mol. The Balaban J connectivity index is 0.000000119. The van der Waals surface area contributed by atoms with Gasteiger partial charge in [-0.1, -0.05) is 319 Å². The second kappa shape index (κ2) is 27.4. The molecule has 12 heteroatoms. The van der Waals surface area contributed by atoms with E-state index in [2.05, 4.69) is 249 Å². The molecule has 14 aromatic carbocycles. The zero-order chi connectivity index (χ0) is 74.1. The van der Waals surface area contributed by atoms with Crippen molar-refractivity contribution in [1.82, 2.24) is 29.9 Å². The first-order valence-electron chi connectivity index (χ1n) is 37.1. The van der Waals surface area contributed by atoms with Crippen LogP contribution in [0.25, 0.3) is 102 Å². The van der Waals surface area contributed by atoms with Crippen molar-refractivity contribution in [3.8, 4) is 125 Å². The second-order valence-electron chi connectivity index (χ2n) is 29.1. The third-order valence-electron chi connectivity index (χ3n) is 22.2. The summed E-state index contributed by atoms with van der Waals surface area (Å²) in [4.78, 5) is 29.0. The van der Waals surface area contributed by atoms with Crippen molar-refractivity contribution in [2.75, 3.05) is 0 Å². The first-order valence-corrected chi connectivity index (χ1v) is 37.9. The lowest BCUT2D eigenvalue weighted by Crippen LogP contribution is -2.41. The summed E-state index contributed by atoms with van der Waals surface area (Å²) in [5.41, 5.74) is 21.8. The molecule has 0 N–H and O–H groups in total. The minimum atomic E-state index is -0.519. The van der Waals surface area contributed by atoms with Gasteiger partial charge in [0.15, 0.2) is 34.9 Å². The summed E-state index contributed by atoms with van der Waals surface area (Å²) in [6, 6.07) is 122. The molecule has 0 bridgehead atoms. The molecule has 5 aliphatic rings. The molecule has 0 atom stereocenters. The predicted molar refractivity (Wildman–Crippen MR) is 442 cm³/mol. The smallest absolute Gasteiger partial charge is 0.457 e. The van der Waals surface area contributed by atoms with Crippen LogP contribution in [0.1, 0.15) is 72.2 Å². The lowest BCUT2D eigenvalue weighted by molar-refractivity contribution is 0.00578. The minimum Gasteiger partial charge on any atom is -0.457 e. The average Bonchev–Trinajstić information content (AvgIpc) is 1.51. The molecule has 10 nitrogen and oxygen atoms in total. The van der Waals surface area contributed by atoms with Gasteiger partial charge in [0.25, 0.3) is 0 Å². The van der Waals surface area contributed by atoms with Crippen molar-refractivity contribution in [3.63, 3.8) is 0 Å². The van der Waals surface area contributed by atoms with Crippen LogP contribution in [0.5, 0.6) is 23.0 Å². The minimum absolute atomic E-state index is 0.402. The van der Waals surface area contributed by atoms with Crippen LogP contribution in [0, 0.1) is 0 Å². The van der Waals surface area contributed by atoms with E-state index in [0.717, 1.165) is 99.7 Å². The Bertz CT molecular complexity index is 6020. The van der Waals surface area contributed by atoms with Gasteiger partial charge in [-0.3, -0.25) is 0 Å². The zero-order valence-corrected chi connectivity index (χ0v) is 62.3. The predicted octanol–water partition coefficient (Wildman–Crippen LogP) is 23.1. The van der Waals surface area contributed by atoms with E-state index in [1.165, 1.54) is 44.5 Å². The Hall–Kier alpha value is -12.8. The first-order chi connectivity index (χ1) is 53.9. The number of halogens is 1. The summed E-state index contributed by atoms with van der Waals surface area (Å²) in [7, 11) is -0.439. The fraction of sp³-hybridized carbons (Fsp3) is 0.0816. The zero-order valence-electron chi connectivity index (χ0n) is 60.8. The molecule has 16 aromatic rings. The molecular formula is C98H70BBrN6O4. The molecule has 0 amide bonds. The van der Waals surface area contributed by atoms with Gasteiger partial charge in [-0.2, -0.15) is 0 Å². The van der Waals surface area contributed by atoms with E-state index in [-0.39, 0.29) is 0 Å². The molecule has 2 aliphatic carbocycles. The largest absolute Gasteiger partial charge is 0.494 e. The lowest BCUT2D eigenvalue weighted by atomic mass is 9.64. The average molecular weight is 1490 g/mol. The molecule has 5 heterocycles. The van der Waals surface area contributed by atoms with E-state index >= 15 is 0 Å². The highest BCUT2D eigenvalue weighted by molar-refractivity contribution is 9.10. The number of hydrogen-bond donors (Lipinski definition) is 0. The van der Waals surface area contributed by atoms with Gasteiger partial charge in [0, 0.05) is 60.1 Å². The summed E-state index contributed by atoms with van der Waals surface area (Å²) in [5, 5.41) is 0. The van der Waals surface area contributed by atoms with Gasteiger partial charge < -0.3 is 18.8 Å². The summed E-state index contributed by atoms with van der Waals surface area (Å²) >= 11 is 3.52. The molecule has 2 aromatic heterocycles. The highest BCUT2D eigenvalue weighted by Crippen LogP contribution is 2.64. The Morgan fingerprint density at radius 1 is 0.236 bits per heavy atom. The van der Waals surface area contributed by atoms with Crippen LogP contribution in [0.2, 0.25) is 0 Å². The summed E-state index contributed by atoms with van der Waals surface area (Å²) in [5.74, 6) is 7.44. The maximum Gasteiger partial charge on any atom is 0.494 e. The van der Waals surface area contributed by atoms with Gasteiger partial charge in [0.05, 0.1) is 22.0 Å². The quantitative estimate of drug-likeness (QED) is 0.136. The van der Waals surface area contributed by atoms with Crippen LogP contribution in [-0.4, -0.2) is 48.2 Å². The number of fused-ring (bicyclic) bond motifs is 18. The molecule has 0 unspecified atom stereocenters. The Morgan fingerprint density at radius 2 is 0.527 bits per heavy atom. The molecule has 21 rings (SSSR count). The van der Waals surface area contributed by atoms with Gasteiger partial charge in [-0.25, -0.2) is 29.9 Å². The van der Waals surface area contributed by atoms with Crippen molar-refractivity contribution in [3.05, 3.63) is 401 Å². The van der Waals surface area contributed by atoms with Crippen molar-refractivity contribution in [2.24, 2.45) is 0 Å². The normalized spacial score (nSPS) is 14.6. The number of benzene rings is 14. The third kappa shape index (κ3) is 11.6. The van der Waals surface area contributed by atoms with Gasteiger partial charge in [-0.05, 0) is 137 Å². The Morgan fingerprint density at radius 3 is 0.927 bits per heavy atom. The molecule has 110 heavy (non-hydrogen) atoms. The summed E-state index contributed by atoms with van der Waals surface area (Å²) in [6.07, 6.45) is 0. The van der Waals surface area contributed by atoms with Crippen LogP contribution < -0.4 is 14.9 Å². The molecule has 3 aliphatic heterocycles. The van der Waals surface area contributed by atoms with E-state index in [1.54, 1.807) is 0 Å². The Labute approximate surface area is 648 Å². The van der Waals surface area contributed by atoms with Crippen molar-refractivity contribution in [1.29, 1.82) is 0 Å². The standard InChI is InChI=1S/C46H29N3O.C31H27BO3.C21H14BrN3/c1-3-14-30(15-4-1)43-47-44(31-16-5-2-6-17-31)49-45(48-43)34-19-13-18-32(28-34)33-26-27-42-40(29-33)46(39-24-11-12-25-41(39)50-42)37-22-9-7-20-35(37)36-21-8-10-23-38(36)46;1-29(2)30(3,4)35-32(34-29)20-17-18-28-26(19-20)31(25-15-9-10-16-27(25)33-28)23-13-7-5-11-21(23)22-12-6-8-14-24(22)31;22-18-13-7-12-17(14-18)21-24-19(15-8-3-1-4-9-15)23-20(25-21)16-10-5-2-6-11-16/h1-29H;5-19H,1-4H3;1-14H. The first kappa shape index (κ1) is 67.7. The van der Waals surface area contributed by atoms with Crippen molar-refractivity contribution >= 4 is 28.5 Å². The summed E-state index contributed by atoms with van der Waals surface area (Å²) in [6.45, 7) is 8.37. The maximum atomic E-state index is 6.66. The van der Waals surface area contributed by atoms with E-state index in [9.17, 15) is 0 Å². The number of nitrogens with zero attached hydrogens (tertiary/aromatic N) is 6. The van der Waals surface area contributed by atoms with Gasteiger partial charge in [0.2, 0.25) is 0 Å². The summed E-state index contributed by atoms with van der Waals surface area (Å²) < 4.78 is 27.0. The molecule has 1 fully saturated rings. The van der Waals surface area contributed by atoms with Crippen LogP contribution >= 0.6 is 15.9 Å². The van der Waals surface area contributed by atoms with Crippen LogP contribution in [0.3, 0.4) is 0 Å². The number of aromatic nitrogens is 6. The SMILES string of the molecule is Brc1cccc(-c2nc(-c3ccccc3)nc(-c3ccccc3)n2)c1.CC1(C)OB(c2ccc3c(c2)C2(c4ccccc4O3)c3ccccc3-c3ccccc32)OC1(C)C.c1ccc(-c2nc(-c3ccccc3)nc(-c3cccc(-c4ccc5c(c4)C4(c6ccccc6O5)c5ccccc5-c5ccccc54)c3)n2)cc1. The fourth-order valence-corrected chi connectivity index (χ4v) is 16.8. The maximum absolute atomic E-state index is 6.66. The lowest BCUT2D eigenvalue weighted by Gasteiger charge is -2.39. The van der Waals surface area contributed by atoms with Crippen LogP contribution in [0.15, 0.2) is 356 Å². The topological polar surface area (TPSA) is 114 Å². The second-order valence-corrected chi connectivity index (χ2v) is 30.0. The number of hydrogen-bond acceptors (Lipinski definition) is 10. The van der Waals surface area contributed by atoms with Gasteiger partial charge in [0.1, 0.15) is 23.0 Å². The molecular weight excluding hydrogens is 1420 g/mol. The van der Waals surface area contributed by atoms with Crippen LogP contribution in [-0.2, 0) is 20.1 Å². The van der Waals surface area contributed by atoms with E-state index < -0.39 is 29.2 Å². The van der Waals surface area contributed by atoms with Crippen molar-refractivity contribution < 1.29 is 18.8 Å². The number of ether oxygens (including phenoxy) is 2. The van der Waals surface area contributed by atoms with E-state index in [0.29, 0.717) is 34.9 Å². The van der Waals surface area contributed by atoms with E-state index in [4.69, 9.17) is 43.7 Å². The highest BCUT2D eigenvalue weighted by Gasteiger charge is 2.55. The molecule has 0 radical (unpaired) electrons.